The zero-order chi connectivity index (χ0) is 7.49. The number of halogens is 2. The van der Waals surface area contributed by atoms with Crippen molar-refractivity contribution in [2.45, 2.75) is 5.76 Å². The van der Waals surface area contributed by atoms with E-state index >= 15 is 0 Å². The molecule has 0 aliphatic rings. The van der Waals surface area contributed by atoms with E-state index in [0.717, 1.165) is 0 Å². The highest BCUT2D eigenvalue weighted by Crippen LogP contribution is 2.03. The van der Waals surface area contributed by atoms with Crippen LogP contribution in [0.2, 0.25) is 0 Å². The summed E-state index contributed by atoms with van der Waals surface area (Å²) >= 11 is 0. The molecule has 0 atom stereocenters. The maximum absolute atomic E-state index is 11.3. The molecule has 0 fully saturated rings. The average Bonchev–Trinajstić information content (AvgIpc) is 1.65. The number of aliphatic hydroxyl groups is 1. The highest BCUT2D eigenvalue weighted by Gasteiger charge is 2.22. The van der Waals surface area contributed by atoms with Crippen molar-refractivity contribution in [1.82, 2.24) is 0 Å². The minimum atomic E-state index is -4.33. The quantitative estimate of drug-likeness (QED) is 0.612. The Morgan fingerprint density at radius 3 is 2.00 bits per heavy atom. The van der Waals surface area contributed by atoms with Crippen LogP contribution in [0.15, 0.2) is 0 Å². The van der Waals surface area contributed by atoms with E-state index in [1.807, 2.05) is 0 Å². The summed E-state index contributed by atoms with van der Waals surface area (Å²) in [6.45, 7) is -0.757. The van der Waals surface area contributed by atoms with E-state index in [2.05, 4.69) is 0 Å². The number of hydrogen-bond acceptors (Lipinski definition) is 3. The third-order valence-corrected chi connectivity index (χ3v) is 1.94. The molecular formula is C3H6F2O3S. The molecule has 0 bridgehead atoms. The summed E-state index contributed by atoms with van der Waals surface area (Å²) in [5.74, 6) is -4.24. The van der Waals surface area contributed by atoms with Crippen LogP contribution in [0.1, 0.15) is 0 Å². The van der Waals surface area contributed by atoms with Gasteiger partial charge in [-0.2, -0.15) is 8.78 Å². The fourth-order valence-electron chi connectivity index (χ4n) is 0.216. The lowest BCUT2D eigenvalue weighted by atomic mass is 10.9. The zero-order valence-corrected chi connectivity index (χ0v) is 5.24. The molecule has 0 unspecified atom stereocenters. The molecule has 3 nitrogen and oxygen atoms in total. The van der Waals surface area contributed by atoms with Gasteiger partial charge in [0.2, 0.25) is 9.84 Å². The van der Waals surface area contributed by atoms with Crippen LogP contribution in [-0.2, 0) is 9.84 Å². The van der Waals surface area contributed by atoms with Gasteiger partial charge in [0.25, 0.3) is 0 Å². The molecular weight excluding hydrogens is 154 g/mol. The molecule has 0 aromatic heterocycles. The molecule has 9 heavy (non-hydrogen) atoms. The lowest BCUT2D eigenvalue weighted by Gasteiger charge is -1.96. The monoisotopic (exact) mass is 160 g/mol. The van der Waals surface area contributed by atoms with Crippen molar-refractivity contribution in [3.05, 3.63) is 0 Å². The van der Waals surface area contributed by atoms with E-state index in [4.69, 9.17) is 5.11 Å². The van der Waals surface area contributed by atoms with Gasteiger partial charge >= 0.3 is 5.76 Å². The number of aliphatic hydroxyl groups excluding tert-OH is 1. The molecule has 6 heteroatoms. The van der Waals surface area contributed by atoms with Gasteiger partial charge in [-0.05, 0) is 0 Å². The summed E-state index contributed by atoms with van der Waals surface area (Å²) in [5, 5.41) is 7.94. The molecule has 0 radical (unpaired) electrons. The summed E-state index contributed by atoms with van der Waals surface area (Å²) in [4.78, 5) is 0. The highest BCUT2D eigenvalue weighted by atomic mass is 32.2. The van der Waals surface area contributed by atoms with Gasteiger partial charge in [-0.25, -0.2) is 8.42 Å². The first-order chi connectivity index (χ1) is 4.00. The minimum Gasteiger partial charge on any atom is -0.395 e. The van der Waals surface area contributed by atoms with Gasteiger partial charge in [0.05, 0.1) is 12.4 Å². The summed E-state index contributed by atoms with van der Waals surface area (Å²) in [7, 11) is -4.33. The number of hydrogen-bond donors (Lipinski definition) is 1. The van der Waals surface area contributed by atoms with Gasteiger partial charge in [-0.3, -0.25) is 0 Å². The maximum Gasteiger partial charge on any atom is 0.336 e. The Labute approximate surface area is 51.2 Å². The molecule has 0 aliphatic heterocycles. The van der Waals surface area contributed by atoms with Gasteiger partial charge in [0, 0.05) is 0 Å². The molecule has 0 saturated heterocycles. The van der Waals surface area contributed by atoms with Crippen LogP contribution in [0.3, 0.4) is 0 Å². The maximum atomic E-state index is 11.3. The van der Waals surface area contributed by atoms with Gasteiger partial charge < -0.3 is 5.11 Å². The van der Waals surface area contributed by atoms with Gasteiger partial charge in [0.1, 0.15) is 0 Å². The first-order valence-electron chi connectivity index (χ1n) is 2.11. The van der Waals surface area contributed by atoms with Crippen LogP contribution < -0.4 is 0 Å². The Morgan fingerprint density at radius 1 is 1.44 bits per heavy atom. The van der Waals surface area contributed by atoms with Crippen LogP contribution in [0.4, 0.5) is 8.78 Å². The van der Waals surface area contributed by atoms with E-state index in [0.29, 0.717) is 0 Å². The second-order valence-corrected chi connectivity index (χ2v) is 3.44. The second kappa shape index (κ2) is 3.07. The molecule has 0 spiro atoms. The summed E-state index contributed by atoms with van der Waals surface area (Å²) in [6.07, 6.45) is 0. The van der Waals surface area contributed by atoms with Gasteiger partial charge in [0.15, 0.2) is 0 Å². The SMILES string of the molecule is O=S(=O)(CCO)C(F)F. The molecule has 56 valence electrons. The van der Waals surface area contributed by atoms with E-state index in [-0.39, 0.29) is 0 Å². The molecule has 0 aliphatic carbocycles. The summed E-state index contributed by atoms with van der Waals surface area (Å²) in [6, 6.07) is 0. The molecule has 0 amide bonds. The van der Waals surface area contributed by atoms with Crippen molar-refractivity contribution in [3.8, 4) is 0 Å². The molecule has 1 N–H and O–H groups in total. The minimum absolute atomic E-state index is 0.757. The van der Waals surface area contributed by atoms with Crippen molar-refractivity contribution in [2.75, 3.05) is 12.4 Å². The fourth-order valence-corrected chi connectivity index (χ4v) is 0.649. The van der Waals surface area contributed by atoms with Gasteiger partial charge in [-0.15, -0.1) is 0 Å². The molecule has 0 aromatic rings. The van der Waals surface area contributed by atoms with Crippen molar-refractivity contribution >= 4 is 9.84 Å². The van der Waals surface area contributed by atoms with Crippen LogP contribution in [0.5, 0.6) is 0 Å². The molecule has 0 heterocycles. The lowest BCUT2D eigenvalue weighted by Crippen LogP contribution is -2.17. The van der Waals surface area contributed by atoms with E-state index in [1.165, 1.54) is 0 Å². The Bertz CT molecular complexity index is 162. The Kier molecular flexibility index (Phi) is 2.99. The topological polar surface area (TPSA) is 54.4 Å². The lowest BCUT2D eigenvalue weighted by molar-refractivity contribution is 0.231. The normalized spacial score (nSPS) is 12.4. The third kappa shape index (κ3) is 2.71. The average molecular weight is 160 g/mol. The zero-order valence-electron chi connectivity index (χ0n) is 4.42. The van der Waals surface area contributed by atoms with E-state index in [9.17, 15) is 17.2 Å². The van der Waals surface area contributed by atoms with Crippen LogP contribution in [-0.4, -0.2) is 31.6 Å². The number of sulfone groups is 1. The molecule has 0 rings (SSSR count). The summed E-state index contributed by atoms with van der Waals surface area (Å²) in [5.41, 5.74) is 0. The Hall–Kier alpha value is -0.230. The summed E-state index contributed by atoms with van der Waals surface area (Å²) < 4.78 is 42.6. The highest BCUT2D eigenvalue weighted by molar-refractivity contribution is 7.91. The third-order valence-electron chi connectivity index (χ3n) is 0.647. The first-order valence-corrected chi connectivity index (χ1v) is 3.83. The Morgan fingerprint density at radius 2 is 1.89 bits per heavy atom. The number of alkyl halides is 2. The van der Waals surface area contributed by atoms with Crippen molar-refractivity contribution in [3.63, 3.8) is 0 Å². The van der Waals surface area contributed by atoms with Crippen LogP contribution in [0.25, 0.3) is 0 Å². The van der Waals surface area contributed by atoms with Crippen LogP contribution in [0, 0.1) is 0 Å². The Balaban J connectivity index is 4.05. The standard InChI is InChI=1S/C3H6F2O3S/c4-3(5)9(7,8)2-1-6/h3,6H,1-2H2. The van der Waals surface area contributed by atoms with Crippen LogP contribution >= 0.6 is 0 Å². The van der Waals surface area contributed by atoms with E-state index < -0.39 is 28.0 Å². The largest absolute Gasteiger partial charge is 0.395 e. The fraction of sp³-hybridized carbons (Fsp3) is 1.00. The van der Waals surface area contributed by atoms with Crippen molar-refractivity contribution in [1.29, 1.82) is 0 Å². The second-order valence-electron chi connectivity index (χ2n) is 1.35. The smallest absolute Gasteiger partial charge is 0.336 e. The first kappa shape index (κ1) is 8.77. The van der Waals surface area contributed by atoms with Gasteiger partial charge in [-0.1, -0.05) is 0 Å². The van der Waals surface area contributed by atoms with Crippen molar-refractivity contribution in [2.24, 2.45) is 0 Å². The predicted molar refractivity (Wildman–Crippen MR) is 26.9 cm³/mol. The van der Waals surface area contributed by atoms with E-state index in [1.54, 1.807) is 0 Å². The predicted octanol–water partition coefficient (Wildman–Crippen LogP) is -0.384. The molecule has 0 aromatic carbocycles. The molecule has 0 saturated carbocycles. The van der Waals surface area contributed by atoms with Crippen molar-refractivity contribution < 1.29 is 22.3 Å². The number of rotatable bonds is 3.